The standard InChI is InChI=1S/C15H23NS/c1-3-4-13-9-15(10-13,11-16)17-14-7-5-12(2)6-8-14/h5-8,13H,3-4,9-11,16H2,1-2H3. The molecule has 0 radical (unpaired) electrons. The quantitative estimate of drug-likeness (QED) is 0.853. The largest absolute Gasteiger partial charge is 0.329 e. The van der Waals surface area contributed by atoms with Gasteiger partial charge in [0.1, 0.15) is 0 Å². The number of aryl methyl sites for hydroxylation is 1. The summed E-state index contributed by atoms with van der Waals surface area (Å²) in [4.78, 5) is 1.37. The predicted molar refractivity (Wildman–Crippen MR) is 76.5 cm³/mol. The lowest BCUT2D eigenvalue weighted by molar-refractivity contribution is 0.220. The van der Waals surface area contributed by atoms with E-state index < -0.39 is 0 Å². The van der Waals surface area contributed by atoms with Crippen molar-refractivity contribution in [3.05, 3.63) is 29.8 Å². The minimum absolute atomic E-state index is 0.328. The van der Waals surface area contributed by atoms with Crippen LogP contribution in [-0.4, -0.2) is 11.3 Å². The van der Waals surface area contributed by atoms with Gasteiger partial charge in [0.2, 0.25) is 0 Å². The van der Waals surface area contributed by atoms with Gasteiger partial charge in [-0.05, 0) is 37.8 Å². The summed E-state index contributed by atoms with van der Waals surface area (Å²) in [6.45, 7) is 5.22. The Hall–Kier alpha value is -0.470. The van der Waals surface area contributed by atoms with Crippen LogP contribution in [0.15, 0.2) is 29.2 Å². The highest BCUT2D eigenvalue weighted by Gasteiger charge is 2.43. The van der Waals surface area contributed by atoms with E-state index in [-0.39, 0.29) is 0 Å². The molecule has 94 valence electrons. The van der Waals surface area contributed by atoms with Crippen LogP contribution in [0.5, 0.6) is 0 Å². The van der Waals surface area contributed by atoms with E-state index in [1.54, 1.807) is 0 Å². The van der Waals surface area contributed by atoms with Gasteiger partial charge in [0.15, 0.2) is 0 Å². The number of thioether (sulfide) groups is 1. The number of hydrogen-bond donors (Lipinski definition) is 1. The molecule has 2 N–H and O–H groups in total. The Kier molecular flexibility index (Phi) is 4.16. The van der Waals surface area contributed by atoms with Gasteiger partial charge in [-0.25, -0.2) is 0 Å². The van der Waals surface area contributed by atoms with E-state index in [0.29, 0.717) is 4.75 Å². The molecule has 0 spiro atoms. The summed E-state index contributed by atoms with van der Waals surface area (Å²) in [5.74, 6) is 0.918. The van der Waals surface area contributed by atoms with Gasteiger partial charge in [-0.3, -0.25) is 0 Å². The Balaban J connectivity index is 1.95. The van der Waals surface area contributed by atoms with Gasteiger partial charge in [0.05, 0.1) is 0 Å². The van der Waals surface area contributed by atoms with E-state index in [0.717, 1.165) is 12.5 Å². The van der Waals surface area contributed by atoms with Gasteiger partial charge in [0.25, 0.3) is 0 Å². The van der Waals surface area contributed by atoms with Crippen molar-refractivity contribution in [3.8, 4) is 0 Å². The van der Waals surface area contributed by atoms with Crippen LogP contribution in [0.4, 0.5) is 0 Å². The number of hydrogen-bond acceptors (Lipinski definition) is 2. The van der Waals surface area contributed by atoms with Crippen LogP contribution < -0.4 is 5.73 Å². The highest BCUT2D eigenvalue weighted by atomic mass is 32.2. The van der Waals surface area contributed by atoms with Crippen molar-refractivity contribution < 1.29 is 0 Å². The Morgan fingerprint density at radius 1 is 1.29 bits per heavy atom. The minimum Gasteiger partial charge on any atom is -0.329 e. The summed E-state index contributed by atoms with van der Waals surface area (Å²) in [6, 6.07) is 8.83. The van der Waals surface area contributed by atoms with E-state index in [1.807, 2.05) is 11.8 Å². The lowest BCUT2D eigenvalue weighted by Crippen LogP contribution is -2.46. The minimum atomic E-state index is 0.328. The molecule has 1 fully saturated rings. The van der Waals surface area contributed by atoms with Crippen molar-refractivity contribution in [1.82, 2.24) is 0 Å². The summed E-state index contributed by atoms with van der Waals surface area (Å²) in [5.41, 5.74) is 7.31. The molecule has 1 nitrogen and oxygen atoms in total. The normalized spacial score (nSPS) is 27.8. The van der Waals surface area contributed by atoms with Crippen LogP contribution in [0, 0.1) is 12.8 Å². The summed E-state index contributed by atoms with van der Waals surface area (Å²) < 4.78 is 0.328. The molecule has 1 aromatic rings. The Labute approximate surface area is 109 Å². The van der Waals surface area contributed by atoms with Gasteiger partial charge in [-0.15, -0.1) is 11.8 Å². The van der Waals surface area contributed by atoms with Crippen LogP contribution in [0.2, 0.25) is 0 Å². The summed E-state index contributed by atoms with van der Waals surface area (Å²) in [5, 5.41) is 0. The molecule has 2 heteroatoms. The first-order chi connectivity index (χ1) is 8.17. The Morgan fingerprint density at radius 3 is 2.47 bits per heavy atom. The van der Waals surface area contributed by atoms with E-state index in [4.69, 9.17) is 5.73 Å². The number of benzene rings is 1. The lowest BCUT2D eigenvalue weighted by atomic mass is 9.72. The molecule has 0 aliphatic heterocycles. The molecule has 0 saturated heterocycles. The summed E-state index contributed by atoms with van der Waals surface area (Å²) >= 11 is 1.99. The summed E-state index contributed by atoms with van der Waals surface area (Å²) in [6.07, 6.45) is 5.28. The van der Waals surface area contributed by atoms with Crippen LogP contribution in [0.25, 0.3) is 0 Å². The van der Waals surface area contributed by atoms with Gasteiger partial charge < -0.3 is 5.73 Å². The fourth-order valence-electron chi connectivity index (χ4n) is 2.75. The third kappa shape index (κ3) is 3.05. The van der Waals surface area contributed by atoms with E-state index in [9.17, 15) is 0 Å². The molecular weight excluding hydrogens is 226 g/mol. The molecule has 0 amide bonds. The van der Waals surface area contributed by atoms with Gasteiger partial charge in [-0.1, -0.05) is 37.5 Å². The molecule has 0 aromatic heterocycles. The Morgan fingerprint density at radius 2 is 1.94 bits per heavy atom. The first-order valence-electron chi connectivity index (χ1n) is 6.63. The monoisotopic (exact) mass is 249 g/mol. The van der Waals surface area contributed by atoms with Crippen molar-refractivity contribution in [2.24, 2.45) is 11.7 Å². The van der Waals surface area contributed by atoms with Crippen molar-refractivity contribution in [2.75, 3.05) is 6.54 Å². The molecule has 1 aromatic carbocycles. The topological polar surface area (TPSA) is 26.0 Å². The highest BCUT2D eigenvalue weighted by molar-refractivity contribution is 8.00. The SMILES string of the molecule is CCCC1CC(CN)(Sc2ccc(C)cc2)C1. The molecule has 1 saturated carbocycles. The van der Waals surface area contributed by atoms with E-state index >= 15 is 0 Å². The Bertz CT molecular complexity index is 352. The average molecular weight is 249 g/mol. The fourth-order valence-corrected chi connectivity index (χ4v) is 4.25. The molecule has 17 heavy (non-hydrogen) atoms. The predicted octanol–water partition coefficient (Wildman–Crippen LogP) is 3.99. The number of rotatable bonds is 5. The second kappa shape index (κ2) is 5.45. The number of nitrogens with two attached hydrogens (primary N) is 1. The smallest absolute Gasteiger partial charge is 0.0334 e. The van der Waals surface area contributed by atoms with E-state index in [1.165, 1.54) is 36.1 Å². The van der Waals surface area contributed by atoms with Crippen LogP contribution in [0.1, 0.15) is 38.2 Å². The van der Waals surface area contributed by atoms with Crippen LogP contribution in [0.3, 0.4) is 0 Å². The first-order valence-corrected chi connectivity index (χ1v) is 7.45. The van der Waals surface area contributed by atoms with Crippen molar-refractivity contribution in [3.63, 3.8) is 0 Å². The molecule has 0 atom stereocenters. The highest BCUT2D eigenvalue weighted by Crippen LogP contribution is 2.51. The average Bonchev–Trinajstić information content (AvgIpc) is 2.29. The van der Waals surface area contributed by atoms with Crippen molar-refractivity contribution in [2.45, 2.75) is 49.2 Å². The zero-order valence-corrected chi connectivity index (χ0v) is 11.7. The zero-order valence-electron chi connectivity index (χ0n) is 10.9. The van der Waals surface area contributed by atoms with Gasteiger partial charge in [-0.2, -0.15) is 0 Å². The molecule has 1 aliphatic rings. The molecule has 2 rings (SSSR count). The maximum Gasteiger partial charge on any atom is 0.0334 e. The lowest BCUT2D eigenvalue weighted by Gasteiger charge is -2.47. The van der Waals surface area contributed by atoms with Crippen molar-refractivity contribution in [1.29, 1.82) is 0 Å². The zero-order chi connectivity index (χ0) is 12.3. The maximum atomic E-state index is 5.98. The third-order valence-corrected chi connectivity index (χ3v) is 5.19. The van der Waals surface area contributed by atoms with Gasteiger partial charge >= 0.3 is 0 Å². The fraction of sp³-hybridized carbons (Fsp3) is 0.600. The van der Waals surface area contributed by atoms with Crippen LogP contribution >= 0.6 is 11.8 Å². The molecule has 0 heterocycles. The first kappa shape index (κ1) is 13.0. The third-order valence-electron chi connectivity index (χ3n) is 3.75. The second-order valence-corrected chi connectivity index (χ2v) is 6.91. The van der Waals surface area contributed by atoms with Gasteiger partial charge in [0, 0.05) is 16.2 Å². The van der Waals surface area contributed by atoms with E-state index in [2.05, 4.69) is 38.1 Å². The maximum absolute atomic E-state index is 5.98. The molecule has 0 bridgehead atoms. The van der Waals surface area contributed by atoms with Crippen LogP contribution in [-0.2, 0) is 0 Å². The second-order valence-electron chi connectivity index (χ2n) is 5.37. The molecule has 1 aliphatic carbocycles. The van der Waals surface area contributed by atoms with Crippen molar-refractivity contribution >= 4 is 11.8 Å². The summed E-state index contributed by atoms with van der Waals surface area (Å²) in [7, 11) is 0. The molecular formula is C15H23NS. The molecule has 0 unspecified atom stereocenters.